The number of aromatic nitrogens is 6. The lowest BCUT2D eigenvalue weighted by Gasteiger charge is -2.07. The highest BCUT2D eigenvalue weighted by Crippen LogP contribution is 2.25. The Morgan fingerprint density at radius 2 is 2.14 bits per heavy atom. The van der Waals surface area contributed by atoms with Gasteiger partial charge in [-0.15, -0.1) is 5.10 Å². The second-order valence-electron chi connectivity index (χ2n) is 4.73. The van der Waals surface area contributed by atoms with E-state index in [-0.39, 0.29) is 12.0 Å². The lowest BCUT2D eigenvalue weighted by Crippen LogP contribution is -2.08. The van der Waals surface area contributed by atoms with Gasteiger partial charge in [0.1, 0.15) is 12.4 Å². The fourth-order valence-corrected chi connectivity index (χ4v) is 2.39. The zero-order chi connectivity index (χ0) is 14.8. The Morgan fingerprint density at radius 1 is 1.29 bits per heavy atom. The van der Waals surface area contributed by atoms with E-state index < -0.39 is 0 Å². The van der Waals surface area contributed by atoms with E-state index >= 15 is 0 Å². The molecule has 0 saturated heterocycles. The molecule has 2 heterocycles. The van der Waals surface area contributed by atoms with Crippen LogP contribution in [0.4, 0.5) is 0 Å². The van der Waals surface area contributed by atoms with E-state index in [1.807, 2.05) is 38.1 Å². The van der Waals surface area contributed by atoms with Gasteiger partial charge in [-0.1, -0.05) is 40.1 Å². The average molecular weight is 349 g/mol. The first-order chi connectivity index (χ1) is 10.1. The molecule has 8 heteroatoms. The number of hydrogen-bond acceptors (Lipinski definition) is 6. The van der Waals surface area contributed by atoms with Crippen LogP contribution < -0.4 is 0 Å². The van der Waals surface area contributed by atoms with Crippen LogP contribution in [0.25, 0.3) is 0 Å². The molecule has 0 bridgehead atoms. The first-order valence-electron chi connectivity index (χ1n) is 6.46. The van der Waals surface area contributed by atoms with Crippen LogP contribution in [-0.4, -0.2) is 30.3 Å². The van der Waals surface area contributed by atoms with Gasteiger partial charge in [-0.05, 0) is 35.0 Å². The van der Waals surface area contributed by atoms with Crippen LogP contribution in [0.15, 0.2) is 39.6 Å². The molecule has 0 spiro atoms. The third-order valence-corrected chi connectivity index (χ3v) is 3.81. The molecule has 0 aliphatic rings. The second-order valence-corrected chi connectivity index (χ2v) is 5.65. The molecule has 3 aromatic rings. The molecule has 0 aliphatic carbocycles. The largest absolute Gasteiger partial charge is 0.337 e. The molecule has 7 nitrogen and oxygen atoms in total. The van der Waals surface area contributed by atoms with Crippen LogP contribution in [0.3, 0.4) is 0 Å². The summed E-state index contributed by atoms with van der Waals surface area (Å²) in [5.74, 6) is 1.17. The van der Waals surface area contributed by atoms with Gasteiger partial charge < -0.3 is 4.52 Å². The lowest BCUT2D eigenvalue weighted by atomic mass is 10.0. The average Bonchev–Trinajstić information content (AvgIpc) is 3.17. The number of rotatable bonds is 4. The molecule has 3 rings (SSSR count). The molecule has 1 aromatic carbocycles. The molecule has 0 amide bonds. The minimum Gasteiger partial charge on any atom is -0.337 e. The second kappa shape index (κ2) is 5.72. The molecule has 0 aliphatic heterocycles. The summed E-state index contributed by atoms with van der Waals surface area (Å²) in [6, 6.07) is 7.86. The Kier molecular flexibility index (Phi) is 3.78. The topological polar surface area (TPSA) is 82.5 Å². The fourth-order valence-electron chi connectivity index (χ4n) is 1.98. The van der Waals surface area contributed by atoms with Gasteiger partial charge in [0.2, 0.25) is 0 Å². The summed E-state index contributed by atoms with van der Waals surface area (Å²) in [6.07, 6.45) is 1.52. The van der Waals surface area contributed by atoms with Crippen LogP contribution >= 0.6 is 15.9 Å². The Balaban J connectivity index is 1.84. The van der Waals surface area contributed by atoms with E-state index in [1.165, 1.54) is 6.33 Å². The van der Waals surface area contributed by atoms with E-state index in [0.717, 1.165) is 10.0 Å². The van der Waals surface area contributed by atoms with Crippen molar-refractivity contribution in [2.75, 3.05) is 0 Å². The summed E-state index contributed by atoms with van der Waals surface area (Å²) in [6.45, 7) is 3.94. The van der Waals surface area contributed by atoms with Crippen molar-refractivity contribution < 1.29 is 4.52 Å². The van der Waals surface area contributed by atoms with Crippen molar-refractivity contribution in [2.45, 2.75) is 25.8 Å². The maximum atomic E-state index is 5.33. The Hall–Kier alpha value is -2.09. The van der Waals surface area contributed by atoms with Crippen molar-refractivity contribution in [3.63, 3.8) is 0 Å². The minimum atomic E-state index is -0.198. The fraction of sp³-hybridized carbons (Fsp3) is 0.308. The summed E-state index contributed by atoms with van der Waals surface area (Å²) in [5, 5.41) is 15.1. The van der Waals surface area contributed by atoms with Gasteiger partial charge in [-0.2, -0.15) is 4.98 Å². The van der Waals surface area contributed by atoms with E-state index in [2.05, 4.69) is 41.6 Å². The first kappa shape index (κ1) is 13.9. The number of benzene rings is 1. The van der Waals surface area contributed by atoms with E-state index in [0.29, 0.717) is 11.7 Å². The highest BCUT2D eigenvalue weighted by Gasteiger charge is 2.20. The summed E-state index contributed by atoms with van der Waals surface area (Å²) in [4.78, 5) is 4.46. The summed E-state index contributed by atoms with van der Waals surface area (Å²) >= 11 is 3.47. The van der Waals surface area contributed by atoms with Crippen molar-refractivity contribution in [1.29, 1.82) is 0 Å². The van der Waals surface area contributed by atoms with Crippen LogP contribution in [0.2, 0.25) is 0 Å². The molecule has 0 fully saturated rings. The van der Waals surface area contributed by atoms with Crippen molar-refractivity contribution in [1.82, 2.24) is 30.3 Å². The number of halogens is 1. The number of nitrogens with zero attached hydrogens (tertiary/aromatic N) is 6. The van der Waals surface area contributed by atoms with Gasteiger partial charge in [0.15, 0.2) is 5.82 Å². The Bertz CT molecular complexity index is 726. The first-order valence-corrected chi connectivity index (χ1v) is 7.26. The summed E-state index contributed by atoms with van der Waals surface area (Å²) < 4.78 is 7.93. The maximum absolute atomic E-state index is 5.33. The molecule has 0 N–H and O–H groups in total. The van der Waals surface area contributed by atoms with Gasteiger partial charge in [-0.25, -0.2) is 4.68 Å². The molecule has 108 valence electrons. The lowest BCUT2D eigenvalue weighted by molar-refractivity contribution is 0.330. The van der Waals surface area contributed by atoms with Crippen LogP contribution in [-0.2, 0) is 0 Å². The van der Waals surface area contributed by atoms with E-state index in [1.54, 1.807) is 4.68 Å². The Morgan fingerprint density at radius 3 is 2.86 bits per heavy atom. The molecule has 2 atom stereocenters. The van der Waals surface area contributed by atoms with Gasteiger partial charge >= 0.3 is 0 Å². The number of hydrogen-bond donors (Lipinski definition) is 0. The highest BCUT2D eigenvalue weighted by molar-refractivity contribution is 9.10. The van der Waals surface area contributed by atoms with Crippen molar-refractivity contribution >= 4 is 15.9 Å². The molecule has 0 radical (unpaired) electrons. The molecule has 1 unspecified atom stereocenters. The third-order valence-electron chi connectivity index (χ3n) is 3.31. The van der Waals surface area contributed by atoms with Crippen molar-refractivity contribution in [3.8, 4) is 0 Å². The van der Waals surface area contributed by atoms with E-state index in [9.17, 15) is 0 Å². The van der Waals surface area contributed by atoms with Crippen LogP contribution in [0, 0.1) is 0 Å². The molecule has 21 heavy (non-hydrogen) atoms. The normalized spacial score (nSPS) is 14.0. The molecular formula is C13H13BrN6O. The Labute approximate surface area is 129 Å². The van der Waals surface area contributed by atoms with Crippen molar-refractivity contribution in [3.05, 3.63) is 52.3 Å². The standard InChI is InChI=1S/C13H13BrN6O/c1-8(10-4-3-5-11(14)6-10)12-16-13(21-17-12)9(2)20-7-15-18-19-20/h3-9H,1-2H3/t8?,9-/m0/s1. The molecule has 0 saturated carbocycles. The predicted molar refractivity (Wildman–Crippen MR) is 77.6 cm³/mol. The van der Waals surface area contributed by atoms with E-state index in [4.69, 9.17) is 4.52 Å². The summed E-state index contributed by atoms with van der Waals surface area (Å²) in [5.41, 5.74) is 1.12. The van der Waals surface area contributed by atoms with Crippen LogP contribution in [0.1, 0.15) is 43.1 Å². The maximum Gasteiger partial charge on any atom is 0.251 e. The predicted octanol–water partition coefficient (Wildman–Crippen LogP) is 2.58. The monoisotopic (exact) mass is 348 g/mol. The minimum absolute atomic E-state index is 0.0427. The molecular weight excluding hydrogens is 336 g/mol. The van der Waals surface area contributed by atoms with Gasteiger partial charge in [-0.3, -0.25) is 0 Å². The smallest absolute Gasteiger partial charge is 0.251 e. The third kappa shape index (κ3) is 2.85. The zero-order valence-corrected chi connectivity index (χ0v) is 13.1. The number of tetrazole rings is 1. The van der Waals surface area contributed by atoms with Crippen LogP contribution in [0.5, 0.6) is 0 Å². The van der Waals surface area contributed by atoms with Gasteiger partial charge in [0.05, 0.1) is 0 Å². The van der Waals surface area contributed by atoms with Crippen molar-refractivity contribution in [2.24, 2.45) is 0 Å². The SMILES string of the molecule is CC(c1cccc(Br)c1)c1noc([C@H](C)n2cnnn2)n1. The highest BCUT2D eigenvalue weighted by atomic mass is 79.9. The quantitative estimate of drug-likeness (QED) is 0.720. The zero-order valence-electron chi connectivity index (χ0n) is 11.5. The molecule has 2 aromatic heterocycles. The van der Waals surface area contributed by atoms with Gasteiger partial charge in [0, 0.05) is 10.4 Å². The summed E-state index contributed by atoms with van der Waals surface area (Å²) in [7, 11) is 0. The van der Waals surface area contributed by atoms with Gasteiger partial charge in [0.25, 0.3) is 5.89 Å².